The fourth-order valence-electron chi connectivity index (χ4n) is 2.39. The first-order valence-corrected chi connectivity index (χ1v) is 8.40. The zero-order valence-electron chi connectivity index (χ0n) is 11.7. The fourth-order valence-corrected chi connectivity index (χ4v) is 4.07. The molecule has 2 N–H and O–H groups in total. The van der Waals surface area contributed by atoms with E-state index >= 15 is 0 Å². The Kier molecular flexibility index (Phi) is 5.15. The van der Waals surface area contributed by atoms with Gasteiger partial charge in [-0.3, -0.25) is 0 Å². The zero-order valence-corrected chi connectivity index (χ0v) is 12.6. The molecule has 1 aromatic rings. The van der Waals surface area contributed by atoms with Crippen molar-refractivity contribution in [2.75, 3.05) is 20.2 Å². The van der Waals surface area contributed by atoms with Gasteiger partial charge in [0.1, 0.15) is 0 Å². The predicted molar refractivity (Wildman–Crippen MR) is 77.8 cm³/mol. The van der Waals surface area contributed by atoms with E-state index in [1.54, 1.807) is 12.1 Å². The molecule has 112 valence electrons. The highest BCUT2D eigenvalue weighted by atomic mass is 32.2. The summed E-state index contributed by atoms with van der Waals surface area (Å²) >= 11 is 0. The Labute approximate surface area is 120 Å². The SMILES string of the molecule is CNCc1ccc(S(=O)(=O)N(CCO)C2CCC2)cc1. The van der Waals surface area contributed by atoms with Gasteiger partial charge < -0.3 is 10.4 Å². The Balaban J connectivity index is 2.22. The van der Waals surface area contributed by atoms with Gasteiger partial charge in [-0.25, -0.2) is 8.42 Å². The molecule has 0 spiro atoms. The molecular weight excluding hydrogens is 276 g/mol. The monoisotopic (exact) mass is 298 g/mol. The Bertz CT molecular complexity index is 524. The van der Waals surface area contributed by atoms with Crippen molar-refractivity contribution in [3.63, 3.8) is 0 Å². The van der Waals surface area contributed by atoms with Gasteiger partial charge in [0.2, 0.25) is 10.0 Å². The van der Waals surface area contributed by atoms with Gasteiger partial charge in [-0.1, -0.05) is 18.6 Å². The summed E-state index contributed by atoms with van der Waals surface area (Å²) < 4.78 is 26.7. The maximum absolute atomic E-state index is 12.6. The standard InChI is InChI=1S/C14H22N2O3S/c1-15-11-12-5-7-14(8-6-12)20(18,19)16(9-10-17)13-3-2-4-13/h5-8,13,15,17H,2-4,9-11H2,1H3. The molecule has 1 aromatic carbocycles. The summed E-state index contributed by atoms with van der Waals surface area (Å²) in [5.74, 6) is 0. The van der Waals surface area contributed by atoms with Crippen LogP contribution in [0.2, 0.25) is 0 Å². The first-order valence-electron chi connectivity index (χ1n) is 6.96. The number of aliphatic hydroxyl groups excluding tert-OH is 1. The molecule has 0 atom stereocenters. The van der Waals surface area contributed by atoms with Gasteiger partial charge in [0.25, 0.3) is 0 Å². The van der Waals surface area contributed by atoms with Crippen LogP contribution >= 0.6 is 0 Å². The average molecular weight is 298 g/mol. The molecule has 0 unspecified atom stereocenters. The molecule has 5 nitrogen and oxygen atoms in total. The van der Waals surface area contributed by atoms with Crippen LogP contribution in [0.4, 0.5) is 0 Å². The highest BCUT2D eigenvalue weighted by Gasteiger charge is 2.34. The van der Waals surface area contributed by atoms with E-state index in [0.717, 1.165) is 24.8 Å². The smallest absolute Gasteiger partial charge is 0.243 e. The molecule has 6 heteroatoms. The van der Waals surface area contributed by atoms with Crippen molar-refractivity contribution in [3.8, 4) is 0 Å². The number of benzene rings is 1. The van der Waals surface area contributed by atoms with E-state index in [1.165, 1.54) is 4.31 Å². The van der Waals surface area contributed by atoms with Crippen molar-refractivity contribution in [2.24, 2.45) is 0 Å². The van der Waals surface area contributed by atoms with E-state index in [9.17, 15) is 8.42 Å². The van der Waals surface area contributed by atoms with E-state index in [0.29, 0.717) is 11.4 Å². The second-order valence-corrected chi connectivity index (χ2v) is 6.99. The number of aliphatic hydroxyl groups is 1. The maximum atomic E-state index is 12.6. The van der Waals surface area contributed by atoms with Crippen molar-refractivity contribution >= 4 is 10.0 Å². The average Bonchev–Trinajstić information content (AvgIpc) is 2.37. The molecular formula is C14H22N2O3S. The van der Waals surface area contributed by atoms with E-state index in [1.807, 2.05) is 19.2 Å². The minimum Gasteiger partial charge on any atom is -0.395 e. The lowest BCUT2D eigenvalue weighted by Crippen LogP contribution is -2.45. The van der Waals surface area contributed by atoms with E-state index < -0.39 is 10.0 Å². The quantitative estimate of drug-likeness (QED) is 0.786. The summed E-state index contributed by atoms with van der Waals surface area (Å²) in [5, 5.41) is 12.1. The summed E-state index contributed by atoms with van der Waals surface area (Å²) in [6, 6.07) is 6.97. The van der Waals surface area contributed by atoms with Crippen molar-refractivity contribution in [2.45, 2.75) is 36.7 Å². The van der Waals surface area contributed by atoms with E-state index in [4.69, 9.17) is 5.11 Å². The van der Waals surface area contributed by atoms with Gasteiger partial charge >= 0.3 is 0 Å². The summed E-state index contributed by atoms with van der Waals surface area (Å²) in [4.78, 5) is 0.303. The second kappa shape index (κ2) is 6.67. The van der Waals surface area contributed by atoms with Crippen LogP contribution in [0.25, 0.3) is 0 Å². The first kappa shape index (κ1) is 15.4. The van der Waals surface area contributed by atoms with Crippen LogP contribution in [0.1, 0.15) is 24.8 Å². The van der Waals surface area contributed by atoms with E-state index in [-0.39, 0.29) is 19.2 Å². The number of hydrogen-bond donors (Lipinski definition) is 2. The van der Waals surface area contributed by atoms with Gasteiger partial charge in [0, 0.05) is 19.1 Å². The predicted octanol–water partition coefficient (Wildman–Crippen LogP) is 0.941. The van der Waals surface area contributed by atoms with Crippen LogP contribution in [0.3, 0.4) is 0 Å². The van der Waals surface area contributed by atoms with Crippen LogP contribution in [0.5, 0.6) is 0 Å². The molecule has 2 rings (SSSR count). The summed E-state index contributed by atoms with van der Waals surface area (Å²) in [6.07, 6.45) is 2.83. The van der Waals surface area contributed by atoms with Gasteiger partial charge in [0.05, 0.1) is 11.5 Å². The van der Waals surface area contributed by atoms with Crippen molar-refractivity contribution < 1.29 is 13.5 Å². The fraction of sp³-hybridized carbons (Fsp3) is 0.571. The number of nitrogens with one attached hydrogen (secondary N) is 1. The largest absolute Gasteiger partial charge is 0.395 e. The third-order valence-corrected chi connectivity index (χ3v) is 5.68. The Morgan fingerprint density at radius 2 is 1.95 bits per heavy atom. The van der Waals surface area contributed by atoms with Crippen LogP contribution in [-0.4, -0.2) is 44.1 Å². The number of nitrogens with zero attached hydrogens (tertiary/aromatic N) is 1. The first-order chi connectivity index (χ1) is 9.59. The Morgan fingerprint density at radius 3 is 2.40 bits per heavy atom. The van der Waals surface area contributed by atoms with Gasteiger partial charge in [-0.2, -0.15) is 4.31 Å². The molecule has 0 heterocycles. The molecule has 0 radical (unpaired) electrons. The van der Waals surface area contributed by atoms with Crippen molar-refractivity contribution in [3.05, 3.63) is 29.8 Å². The van der Waals surface area contributed by atoms with Crippen LogP contribution in [0, 0.1) is 0 Å². The molecule has 1 aliphatic carbocycles. The van der Waals surface area contributed by atoms with Crippen LogP contribution in [-0.2, 0) is 16.6 Å². The lowest BCUT2D eigenvalue weighted by molar-refractivity contribution is 0.178. The third-order valence-electron chi connectivity index (χ3n) is 3.71. The maximum Gasteiger partial charge on any atom is 0.243 e. The van der Waals surface area contributed by atoms with Crippen molar-refractivity contribution in [1.29, 1.82) is 0 Å². The Morgan fingerprint density at radius 1 is 1.30 bits per heavy atom. The normalized spacial score (nSPS) is 16.4. The molecule has 0 amide bonds. The minimum atomic E-state index is -3.50. The van der Waals surface area contributed by atoms with Crippen LogP contribution in [0.15, 0.2) is 29.2 Å². The molecule has 20 heavy (non-hydrogen) atoms. The molecule has 0 saturated heterocycles. The number of sulfonamides is 1. The summed E-state index contributed by atoms with van der Waals surface area (Å²) in [7, 11) is -1.65. The number of rotatable bonds is 7. The zero-order chi connectivity index (χ0) is 14.6. The third kappa shape index (κ3) is 3.20. The molecule has 0 aromatic heterocycles. The molecule has 1 aliphatic rings. The lowest BCUT2D eigenvalue weighted by atomic mass is 9.93. The summed E-state index contributed by atoms with van der Waals surface area (Å²) in [5.41, 5.74) is 1.05. The molecule has 1 fully saturated rings. The highest BCUT2D eigenvalue weighted by Crippen LogP contribution is 2.29. The lowest BCUT2D eigenvalue weighted by Gasteiger charge is -2.36. The van der Waals surface area contributed by atoms with Gasteiger partial charge in [-0.05, 0) is 37.6 Å². The van der Waals surface area contributed by atoms with Gasteiger partial charge in [0.15, 0.2) is 0 Å². The second-order valence-electron chi connectivity index (χ2n) is 5.10. The summed E-state index contributed by atoms with van der Waals surface area (Å²) in [6.45, 7) is 0.738. The van der Waals surface area contributed by atoms with E-state index in [2.05, 4.69) is 5.32 Å². The van der Waals surface area contributed by atoms with Crippen molar-refractivity contribution in [1.82, 2.24) is 9.62 Å². The highest BCUT2D eigenvalue weighted by molar-refractivity contribution is 7.89. The molecule has 0 bridgehead atoms. The molecule has 0 aliphatic heterocycles. The van der Waals surface area contributed by atoms with Gasteiger partial charge in [-0.15, -0.1) is 0 Å². The van der Waals surface area contributed by atoms with Crippen LogP contribution < -0.4 is 5.32 Å². The Hall–Kier alpha value is -0.950. The number of hydrogen-bond acceptors (Lipinski definition) is 4. The molecule has 1 saturated carbocycles. The minimum absolute atomic E-state index is 0.0455. The topological polar surface area (TPSA) is 69.6 Å².